The first-order valence-corrected chi connectivity index (χ1v) is 10.7. The Morgan fingerprint density at radius 2 is 1.74 bits per heavy atom. The minimum Gasteiger partial charge on any atom is -0.497 e. The molecule has 0 N–H and O–H groups in total. The van der Waals surface area contributed by atoms with Crippen LogP contribution in [-0.2, 0) is 24.3 Å². The maximum absolute atomic E-state index is 12.7. The lowest BCUT2D eigenvalue weighted by molar-refractivity contribution is -0.161. The Hall–Kier alpha value is -1.93. The predicted molar refractivity (Wildman–Crippen MR) is 97.8 cm³/mol. The van der Waals surface area contributed by atoms with Crippen molar-refractivity contribution in [2.75, 3.05) is 20.2 Å². The van der Waals surface area contributed by atoms with E-state index in [0.29, 0.717) is 31.4 Å². The Kier molecular flexibility index (Phi) is 6.16. The molecule has 0 aromatic heterocycles. The second-order valence-electron chi connectivity index (χ2n) is 6.99. The van der Waals surface area contributed by atoms with E-state index in [4.69, 9.17) is 9.47 Å². The van der Waals surface area contributed by atoms with Crippen LogP contribution in [0.15, 0.2) is 29.2 Å². The van der Waals surface area contributed by atoms with Crippen LogP contribution in [0.1, 0.15) is 38.5 Å². The van der Waals surface area contributed by atoms with E-state index in [9.17, 15) is 18.0 Å². The molecule has 3 rings (SSSR count). The van der Waals surface area contributed by atoms with Crippen LogP contribution in [-0.4, -0.2) is 50.8 Å². The lowest BCUT2D eigenvalue weighted by Crippen LogP contribution is -2.41. The van der Waals surface area contributed by atoms with Crippen LogP contribution in [0.25, 0.3) is 0 Å². The molecule has 1 aromatic carbocycles. The van der Waals surface area contributed by atoms with Crippen molar-refractivity contribution in [3.63, 3.8) is 0 Å². The molecular weight excluding hydrogens is 370 g/mol. The standard InChI is InChI=1S/C19H25NO6S/c1-25-15-6-8-16(9-7-15)27(23,24)20-12-10-14(11-13-20)19(22)26-18-5-3-2-4-17(18)21/h6-9,14,18H,2-5,10-13H2,1H3/t18-/m1/s1. The molecule has 1 aromatic rings. The molecule has 0 amide bonds. The van der Waals surface area contributed by atoms with Crippen LogP contribution < -0.4 is 4.74 Å². The summed E-state index contributed by atoms with van der Waals surface area (Å²) in [6, 6.07) is 6.25. The molecule has 0 radical (unpaired) electrons. The quantitative estimate of drug-likeness (QED) is 0.710. The van der Waals surface area contributed by atoms with Crippen LogP contribution in [0.4, 0.5) is 0 Å². The molecule has 2 fully saturated rings. The summed E-state index contributed by atoms with van der Waals surface area (Å²) in [4.78, 5) is 24.4. The summed E-state index contributed by atoms with van der Waals surface area (Å²) in [5, 5.41) is 0. The number of nitrogens with zero attached hydrogens (tertiary/aromatic N) is 1. The zero-order valence-corrected chi connectivity index (χ0v) is 16.2. The second kappa shape index (κ2) is 8.39. The summed E-state index contributed by atoms with van der Waals surface area (Å²) in [6.07, 6.45) is 2.99. The number of rotatable bonds is 5. The first-order valence-electron chi connectivity index (χ1n) is 9.29. The normalized spacial score (nSPS) is 22.4. The molecule has 7 nitrogen and oxygen atoms in total. The smallest absolute Gasteiger partial charge is 0.309 e. The number of ether oxygens (including phenoxy) is 2. The van der Waals surface area contributed by atoms with Gasteiger partial charge in [-0.3, -0.25) is 9.59 Å². The highest BCUT2D eigenvalue weighted by molar-refractivity contribution is 7.89. The Bertz CT molecular complexity index is 781. The van der Waals surface area contributed by atoms with Crippen molar-refractivity contribution in [3.8, 4) is 5.75 Å². The van der Waals surface area contributed by atoms with E-state index in [-0.39, 0.29) is 35.7 Å². The number of carbonyl (C=O) groups excluding carboxylic acids is 2. The fourth-order valence-corrected chi connectivity index (χ4v) is 5.01. The first kappa shape index (κ1) is 19.8. The molecule has 1 saturated carbocycles. The van der Waals surface area contributed by atoms with Crippen molar-refractivity contribution in [2.24, 2.45) is 5.92 Å². The molecular formula is C19H25NO6S. The lowest BCUT2D eigenvalue weighted by atomic mass is 9.95. The zero-order valence-electron chi connectivity index (χ0n) is 15.4. The largest absolute Gasteiger partial charge is 0.497 e. The highest BCUT2D eigenvalue weighted by atomic mass is 32.2. The van der Waals surface area contributed by atoms with Crippen molar-refractivity contribution in [1.82, 2.24) is 4.31 Å². The molecule has 0 unspecified atom stereocenters. The minimum atomic E-state index is -3.60. The molecule has 1 aliphatic carbocycles. The third-order valence-electron chi connectivity index (χ3n) is 5.24. The van der Waals surface area contributed by atoms with Gasteiger partial charge in [0.25, 0.3) is 0 Å². The summed E-state index contributed by atoms with van der Waals surface area (Å²) in [6.45, 7) is 0.513. The second-order valence-corrected chi connectivity index (χ2v) is 8.93. The third kappa shape index (κ3) is 4.50. The molecule has 8 heteroatoms. The monoisotopic (exact) mass is 395 g/mol. The van der Waals surface area contributed by atoms with Gasteiger partial charge in [0.1, 0.15) is 5.75 Å². The van der Waals surface area contributed by atoms with Gasteiger partial charge in [-0.15, -0.1) is 0 Å². The van der Waals surface area contributed by atoms with Gasteiger partial charge in [0, 0.05) is 19.5 Å². The zero-order chi connectivity index (χ0) is 19.4. The number of esters is 1. The predicted octanol–water partition coefficient (Wildman–Crippen LogP) is 2.15. The Balaban J connectivity index is 1.57. The summed E-state index contributed by atoms with van der Waals surface area (Å²) in [5.41, 5.74) is 0. The van der Waals surface area contributed by atoms with Gasteiger partial charge in [0.05, 0.1) is 17.9 Å². The summed E-state index contributed by atoms with van der Waals surface area (Å²) >= 11 is 0. The van der Waals surface area contributed by atoms with Crippen LogP contribution in [0, 0.1) is 5.92 Å². The van der Waals surface area contributed by atoms with Gasteiger partial charge in [0.15, 0.2) is 11.9 Å². The molecule has 1 atom stereocenters. The lowest BCUT2D eigenvalue weighted by Gasteiger charge is -2.31. The fourth-order valence-electron chi connectivity index (χ4n) is 3.54. The van der Waals surface area contributed by atoms with Crippen molar-refractivity contribution in [2.45, 2.75) is 49.5 Å². The van der Waals surface area contributed by atoms with Gasteiger partial charge < -0.3 is 9.47 Å². The molecule has 2 aliphatic rings. The first-order chi connectivity index (χ1) is 12.9. The number of hydrogen-bond acceptors (Lipinski definition) is 6. The number of carbonyl (C=O) groups is 2. The Morgan fingerprint density at radius 1 is 1.07 bits per heavy atom. The highest BCUT2D eigenvalue weighted by Crippen LogP contribution is 2.27. The molecule has 148 valence electrons. The van der Waals surface area contributed by atoms with E-state index in [1.165, 1.54) is 23.5 Å². The van der Waals surface area contributed by atoms with Gasteiger partial charge in [-0.1, -0.05) is 0 Å². The Labute approximate surface area is 159 Å². The van der Waals surface area contributed by atoms with Crippen LogP contribution in [0.5, 0.6) is 5.75 Å². The van der Waals surface area contributed by atoms with E-state index in [1.807, 2.05) is 0 Å². The van der Waals surface area contributed by atoms with Gasteiger partial charge in [0.2, 0.25) is 10.0 Å². The molecule has 1 aliphatic heterocycles. The molecule has 27 heavy (non-hydrogen) atoms. The highest BCUT2D eigenvalue weighted by Gasteiger charge is 2.35. The van der Waals surface area contributed by atoms with Gasteiger partial charge in [-0.25, -0.2) is 8.42 Å². The van der Waals surface area contributed by atoms with Gasteiger partial charge >= 0.3 is 5.97 Å². The maximum atomic E-state index is 12.7. The number of Topliss-reactive ketones (excluding diaryl/α,β-unsaturated/α-hetero) is 1. The van der Waals surface area contributed by atoms with Gasteiger partial charge in [-0.05, 0) is 56.4 Å². The number of ketones is 1. The van der Waals surface area contributed by atoms with Crippen molar-refractivity contribution in [3.05, 3.63) is 24.3 Å². The molecule has 1 saturated heterocycles. The molecule has 0 bridgehead atoms. The van der Waals surface area contributed by atoms with Crippen LogP contribution >= 0.6 is 0 Å². The van der Waals surface area contributed by atoms with E-state index < -0.39 is 16.1 Å². The van der Waals surface area contributed by atoms with E-state index in [2.05, 4.69) is 0 Å². The van der Waals surface area contributed by atoms with Crippen molar-refractivity contribution < 1.29 is 27.5 Å². The molecule has 0 spiro atoms. The third-order valence-corrected chi connectivity index (χ3v) is 7.15. The summed E-state index contributed by atoms with van der Waals surface area (Å²) in [7, 11) is -2.08. The van der Waals surface area contributed by atoms with Crippen LogP contribution in [0.3, 0.4) is 0 Å². The average molecular weight is 395 g/mol. The molecule has 1 heterocycles. The van der Waals surface area contributed by atoms with Crippen molar-refractivity contribution in [1.29, 1.82) is 0 Å². The average Bonchev–Trinajstić information content (AvgIpc) is 2.70. The number of methoxy groups -OCH3 is 1. The Morgan fingerprint density at radius 3 is 2.33 bits per heavy atom. The summed E-state index contributed by atoms with van der Waals surface area (Å²) < 4.78 is 37.3. The SMILES string of the molecule is COc1ccc(S(=O)(=O)N2CCC(C(=O)O[C@@H]3CCCCC3=O)CC2)cc1. The topological polar surface area (TPSA) is 90.0 Å². The van der Waals surface area contributed by atoms with E-state index in [0.717, 1.165) is 12.8 Å². The number of piperidine rings is 1. The number of hydrogen-bond donors (Lipinski definition) is 0. The maximum Gasteiger partial charge on any atom is 0.309 e. The minimum absolute atomic E-state index is 0.00544. The fraction of sp³-hybridized carbons (Fsp3) is 0.579. The van der Waals surface area contributed by atoms with E-state index >= 15 is 0 Å². The van der Waals surface area contributed by atoms with E-state index in [1.54, 1.807) is 12.1 Å². The number of sulfonamides is 1. The van der Waals surface area contributed by atoms with Gasteiger partial charge in [-0.2, -0.15) is 4.31 Å². The summed E-state index contributed by atoms with van der Waals surface area (Å²) in [5.74, 6) is -0.152. The van der Waals surface area contributed by atoms with Crippen molar-refractivity contribution >= 4 is 21.8 Å². The van der Waals surface area contributed by atoms with Crippen LogP contribution in [0.2, 0.25) is 0 Å². The number of benzene rings is 1.